The first-order valence-corrected chi connectivity index (χ1v) is 5.95. The predicted molar refractivity (Wildman–Crippen MR) is 55.9 cm³/mol. The highest BCUT2D eigenvalue weighted by Gasteiger charge is 2.29. The molecule has 2 bridgehead atoms. The second-order valence-electron chi connectivity index (χ2n) is 4.92. The summed E-state index contributed by atoms with van der Waals surface area (Å²) in [6.07, 6.45) is 7.94. The molecule has 0 aromatic heterocycles. The van der Waals surface area contributed by atoms with Crippen LogP contribution < -0.4 is 0 Å². The van der Waals surface area contributed by atoms with Crippen molar-refractivity contribution in [2.24, 2.45) is 11.8 Å². The minimum atomic E-state index is 0.712. The van der Waals surface area contributed by atoms with Gasteiger partial charge in [0.1, 0.15) is 0 Å². The molecular formula is C12H19NO. The van der Waals surface area contributed by atoms with E-state index in [0.29, 0.717) is 5.92 Å². The second kappa shape index (κ2) is 3.58. The summed E-state index contributed by atoms with van der Waals surface area (Å²) in [5.41, 5.74) is 1.63. The van der Waals surface area contributed by atoms with Gasteiger partial charge in [-0.1, -0.05) is 6.08 Å². The molecular weight excluding hydrogens is 174 g/mol. The summed E-state index contributed by atoms with van der Waals surface area (Å²) >= 11 is 0. The van der Waals surface area contributed by atoms with E-state index < -0.39 is 0 Å². The first-order chi connectivity index (χ1) is 6.92. The van der Waals surface area contributed by atoms with Gasteiger partial charge in [-0.3, -0.25) is 0 Å². The van der Waals surface area contributed by atoms with Gasteiger partial charge in [0.25, 0.3) is 0 Å². The van der Waals surface area contributed by atoms with Crippen LogP contribution >= 0.6 is 0 Å². The van der Waals surface area contributed by atoms with Gasteiger partial charge in [0, 0.05) is 31.3 Å². The van der Waals surface area contributed by atoms with Gasteiger partial charge in [0.2, 0.25) is 0 Å². The Morgan fingerprint density at radius 3 is 2.64 bits per heavy atom. The smallest absolute Gasteiger partial charge is 0.0530 e. The maximum absolute atomic E-state index is 5.42. The van der Waals surface area contributed by atoms with Crippen molar-refractivity contribution in [3.63, 3.8) is 0 Å². The molecule has 0 aromatic rings. The van der Waals surface area contributed by atoms with Gasteiger partial charge in [-0.15, -0.1) is 0 Å². The maximum Gasteiger partial charge on any atom is 0.0530 e. The van der Waals surface area contributed by atoms with Crippen LogP contribution in [0.3, 0.4) is 0 Å². The minimum absolute atomic E-state index is 0.712. The molecule has 4 rings (SSSR count). The Kier molecular flexibility index (Phi) is 2.24. The van der Waals surface area contributed by atoms with E-state index in [1.54, 1.807) is 5.70 Å². The van der Waals surface area contributed by atoms with Crippen molar-refractivity contribution >= 4 is 0 Å². The molecule has 0 aliphatic carbocycles. The van der Waals surface area contributed by atoms with Crippen molar-refractivity contribution in [1.29, 1.82) is 0 Å². The molecule has 4 saturated heterocycles. The molecule has 4 aliphatic heterocycles. The fraction of sp³-hybridized carbons (Fsp3) is 0.833. The largest absolute Gasteiger partial charge is 0.381 e. The van der Waals surface area contributed by atoms with E-state index in [2.05, 4.69) is 11.0 Å². The molecule has 0 amide bonds. The molecule has 1 unspecified atom stereocenters. The molecule has 2 nitrogen and oxygen atoms in total. The fourth-order valence-corrected chi connectivity index (χ4v) is 2.98. The lowest BCUT2D eigenvalue weighted by atomic mass is 9.85. The third kappa shape index (κ3) is 1.56. The zero-order valence-electron chi connectivity index (χ0n) is 8.74. The number of hydrogen-bond donors (Lipinski definition) is 0. The Morgan fingerprint density at radius 1 is 1.21 bits per heavy atom. The summed E-state index contributed by atoms with van der Waals surface area (Å²) in [4.78, 5) is 2.60. The van der Waals surface area contributed by atoms with E-state index in [1.165, 1.54) is 38.8 Å². The van der Waals surface area contributed by atoms with Crippen molar-refractivity contribution < 1.29 is 4.74 Å². The summed E-state index contributed by atoms with van der Waals surface area (Å²) in [5, 5.41) is 0. The third-order valence-electron chi connectivity index (χ3n) is 3.91. The van der Waals surface area contributed by atoms with Crippen LogP contribution in [0.5, 0.6) is 0 Å². The number of hydrogen-bond acceptors (Lipinski definition) is 2. The Bertz CT molecular complexity index is 235. The van der Waals surface area contributed by atoms with E-state index in [-0.39, 0.29) is 0 Å². The van der Waals surface area contributed by atoms with Gasteiger partial charge >= 0.3 is 0 Å². The van der Waals surface area contributed by atoms with Crippen LogP contribution in [0.4, 0.5) is 0 Å². The third-order valence-corrected chi connectivity index (χ3v) is 3.91. The molecule has 14 heavy (non-hydrogen) atoms. The van der Waals surface area contributed by atoms with Crippen molar-refractivity contribution in [2.75, 3.05) is 26.3 Å². The SMILES string of the molecule is C(=C1CC2CCN1CC2)C1CCOC1. The number of nitrogens with zero attached hydrogens (tertiary/aromatic N) is 1. The van der Waals surface area contributed by atoms with E-state index in [1.807, 2.05) is 0 Å². The van der Waals surface area contributed by atoms with Crippen LogP contribution in [0, 0.1) is 11.8 Å². The Labute approximate surface area is 85.9 Å². The zero-order chi connectivity index (χ0) is 9.38. The predicted octanol–water partition coefficient (Wildman–Crippen LogP) is 2.02. The summed E-state index contributed by atoms with van der Waals surface area (Å²) in [6.45, 7) is 4.55. The van der Waals surface area contributed by atoms with Crippen LogP contribution in [0.15, 0.2) is 11.8 Å². The van der Waals surface area contributed by atoms with Crippen LogP contribution in [0.1, 0.15) is 25.7 Å². The summed E-state index contributed by atoms with van der Waals surface area (Å²) in [5.74, 6) is 1.71. The number of ether oxygens (including phenoxy) is 1. The molecule has 1 atom stereocenters. The van der Waals surface area contributed by atoms with Gasteiger partial charge in [-0.05, 0) is 31.6 Å². The highest BCUT2D eigenvalue weighted by atomic mass is 16.5. The van der Waals surface area contributed by atoms with E-state index >= 15 is 0 Å². The standard InChI is InChI=1S/C12H19NO/c1-4-13-5-2-10(1)7-12(13)8-11-3-6-14-9-11/h8,10-11H,1-7,9H2. The number of fused-ring (bicyclic) bond motifs is 3. The average molecular weight is 193 g/mol. The van der Waals surface area contributed by atoms with Gasteiger partial charge in [-0.25, -0.2) is 0 Å². The average Bonchev–Trinajstić information content (AvgIpc) is 2.72. The lowest BCUT2D eigenvalue weighted by Gasteiger charge is -2.43. The van der Waals surface area contributed by atoms with E-state index in [0.717, 1.165) is 19.1 Å². The highest BCUT2D eigenvalue weighted by molar-refractivity contribution is 5.11. The molecule has 4 heterocycles. The van der Waals surface area contributed by atoms with Crippen LogP contribution in [0.25, 0.3) is 0 Å². The molecule has 0 N–H and O–H groups in total. The number of rotatable bonds is 1. The number of piperidine rings is 3. The summed E-state index contributed by atoms with van der Waals surface area (Å²) in [7, 11) is 0. The van der Waals surface area contributed by atoms with Crippen molar-refractivity contribution in [1.82, 2.24) is 4.90 Å². The summed E-state index contributed by atoms with van der Waals surface area (Å²) in [6, 6.07) is 0. The molecule has 0 saturated carbocycles. The van der Waals surface area contributed by atoms with Crippen LogP contribution in [-0.4, -0.2) is 31.2 Å². The van der Waals surface area contributed by atoms with Crippen LogP contribution in [-0.2, 0) is 4.74 Å². The Morgan fingerprint density at radius 2 is 2.07 bits per heavy atom. The van der Waals surface area contributed by atoms with Crippen molar-refractivity contribution in [3.8, 4) is 0 Å². The molecule has 78 valence electrons. The normalized spacial score (nSPS) is 35.9. The topological polar surface area (TPSA) is 12.5 Å². The van der Waals surface area contributed by atoms with E-state index in [4.69, 9.17) is 4.74 Å². The zero-order valence-corrected chi connectivity index (χ0v) is 8.74. The van der Waals surface area contributed by atoms with Crippen molar-refractivity contribution in [3.05, 3.63) is 11.8 Å². The Balaban J connectivity index is 1.71. The van der Waals surface area contributed by atoms with Gasteiger partial charge in [0.05, 0.1) is 6.61 Å². The Hall–Kier alpha value is -0.500. The van der Waals surface area contributed by atoms with E-state index in [9.17, 15) is 0 Å². The van der Waals surface area contributed by atoms with Crippen LogP contribution in [0.2, 0.25) is 0 Å². The summed E-state index contributed by atoms with van der Waals surface area (Å²) < 4.78 is 5.42. The maximum atomic E-state index is 5.42. The van der Waals surface area contributed by atoms with Crippen molar-refractivity contribution in [2.45, 2.75) is 25.7 Å². The molecule has 2 heteroatoms. The molecule has 4 aliphatic rings. The van der Waals surface area contributed by atoms with Gasteiger partial charge in [-0.2, -0.15) is 0 Å². The first kappa shape index (κ1) is 8.78. The number of allylic oxidation sites excluding steroid dienone is 1. The lowest BCUT2D eigenvalue weighted by molar-refractivity contribution is 0.157. The highest BCUT2D eigenvalue weighted by Crippen LogP contribution is 2.35. The lowest BCUT2D eigenvalue weighted by Crippen LogP contribution is -2.39. The molecule has 0 aromatic carbocycles. The molecule has 0 radical (unpaired) electrons. The quantitative estimate of drug-likeness (QED) is 0.631. The van der Waals surface area contributed by atoms with Gasteiger partial charge < -0.3 is 9.64 Å². The molecule has 4 fully saturated rings. The monoisotopic (exact) mass is 193 g/mol. The first-order valence-electron chi connectivity index (χ1n) is 5.95. The van der Waals surface area contributed by atoms with Gasteiger partial charge in [0.15, 0.2) is 0 Å². The fourth-order valence-electron chi connectivity index (χ4n) is 2.98. The molecule has 0 spiro atoms. The second-order valence-corrected chi connectivity index (χ2v) is 4.92. The minimum Gasteiger partial charge on any atom is -0.381 e.